The second-order valence-electron chi connectivity index (χ2n) is 4.45. The van der Waals surface area contributed by atoms with Gasteiger partial charge in [-0.15, -0.1) is 0 Å². The lowest BCUT2D eigenvalue weighted by Crippen LogP contribution is -2.48. The fourth-order valence-corrected chi connectivity index (χ4v) is 1.22. The Morgan fingerprint density at radius 1 is 1.41 bits per heavy atom. The third kappa shape index (κ3) is 2.92. The highest BCUT2D eigenvalue weighted by Crippen LogP contribution is 2.18. The summed E-state index contributed by atoms with van der Waals surface area (Å²) in [4.78, 5) is 23.9. The van der Waals surface area contributed by atoms with Crippen molar-refractivity contribution in [1.29, 1.82) is 0 Å². The fourth-order valence-electron chi connectivity index (χ4n) is 1.22. The van der Waals surface area contributed by atoms with Gasteiger partial charge in [0, 0.05) is 5.54 Å². The van der Waals surface area contributed by atoms with Gasteiger partial charge in [-0.1, -0.05) is 0 Å². The monoisotopic (exact) mass is 242 g/mol. The highest BCUT2D eigenvalue weighted by molar-refractivity contribution is 5.97. The molecule has 0 saturated heterocycles. The number of anilines is 1. The quantitative estimate of drug-likeness (QED) is 0.763. The first-order chi connectivity index (χ1) is 7.73. The normalized spacial score (nSPS) is 11.2. The van der Waals surface area contributed by atoms with Gasteiger partial charge >= 0.3 is 5.97 Å². The summed E-state index contributed by atoms with van der Waals surface area (Å²) in [7, 11) is 0. The van der Waals surface area contributed by atoms with Crippen LogP contribution in [-0.2, 0) is 4.79 Å². The maximum atomic E-state index is 12.0. The van der Waals surface area contributed by atoms with E-state index >= 15 is 0 Å². The number of hydrogen-bond donors (Lipinski definition) is 2. The number of nitrogen functional groups attached to an aromatic ring is 1. The van der Waals surface area contributed by atoms with Crippen molar-refractivity contribution >= 4 is 17.7 Å². The molecule has 94 valence electrons. The van der Waals surface area contributed by atoms with E-state index in [9.17, 15) is 9.59 Å². The van der Waals surface area contributed by atoms with Crippen molar-refractivity contribution in [2.75, 3.05) is 12.3 Å². The third-order valence-electron chi connectivity index (χ3n) is 2.06. The van der Waals surface area contributed by atoms with Crippen LogP contribution >= 0.6 is 0 Å². The van der Waals surface area contributed by atoms with Crippen molar-refractivity contribution in [3.8, 4) is 0 Å². The number of hydrogen-bond acceptors (Lipinski definition) is 6. The van der Waals surface area contributed by atoms with Gasteiger partial charge in [0.2, 0.25) is 11.5 Å². The van der Waals surface area contributed by atoms with E-state index in [2.05, 4.69) is 14.9 Å². The average Bonchev–Trinajstić information content (AvgIpc) is 2.58. The van der Waals surface area contributed by atoms with Crippen LogP contribution in [0.2, 0.25) is 0 Å². The minimum absolute atomic E-state index is 0.158. The highest BCUT2D eigenvalue weighted by atomic mass is 16.6. The zero-order valence-electron chi connectivity index (χ0n) is 9.80. The average molecular weight is 242 g/mol. The van der Waals surface area contributed by atoms with Crippen LogP contribution in [0, 0.1) is 0 Å². The smallest absolute Gasteiger partial charge is 0.323 e. The number of carbonyl (C=O) groups is 2. The Bertz CT molecular complexity index is 434. The predicted octanol–water partition coefficient (Wildman–Crippen LogP) is -0.0229. The van der Waals surface area contributed by atoms with Gasteiger partial charge in [-0.2, -0.15) is 0 Å². The number of rotatable bonds is 3. The molecule has 0 aromatic carbocycles. The number of aliphatic carboxylic acids is 1. The van der Waals surface area contributed by atoms with E-state index in [0.29, 0.717) is 0 Å². The summed E-state index contributed by atoms with van der Waals surface area (Å²) in [6.45, 7) is 4.67. The molecule has 0 aliphatic heterocycles. The number of carboxylic acids is 1. The summed E-state index contributed by atoms with van der Waals surface area (Å²) in [5.41, 5.74) is 4.53. The molecule has 1 aromatic rings. The topological polar surface area (TPSA) is 123 Å². The molecular formula is C9H14N4O4. The molecule has 17 heavy (non-hydrogen) atoms. The number of carboxylic acid groups (broad SMARTS) is 1. The van der Waals surface area contributed by atoms with E-state index in [1.165, 1.54) is 0 Å². The maximum absolute atomic E-state index is 12.0. The molecule has 0 unspecified atom stereocenters. The number of carbonyl (C=O) groups excluding carboxylic acids is 1. The Morgan fingerprint density at radius 2 is 2.00 bits per heavy atom. The zero-order valence-corrected chi connectivity index (χ0v) is 9.80. The minimum atomic E-state index is -1.12. The summed E-state index contributed by atoms with van der Waals surface area (Å²) < 4.78 is 4.31. The van der Waals surface area contributed by atoms with Crippen molar-refractivity contribution in [2.24, 2.45) is 0 Å². The Kier molecular flexibility index (Phi) is 3.35. The van der Waals surface area contributed by atoms with Crippen molar-refractivity contribution < 1.29 is 19.3 Å². The van der Waals surface area contributed by atoms with Crippen molar-refractivity contribution in [3.63, 3.8) is 0 Å². The first-order valence-corrected chi connectivity index (χ1v) is 4.85. The molecule has 3 N–H and O–H groups in total. The van der Waals surface area contributed by atoms with Crippen molar-refractivity contribution in [3.05, 3.63) is 5.69 Å². The molecule has 1 amide bonds. The third-order valence-corrected chi connectivity index (χ3v) is 2.06. The number of aromatic nitrogens is 2. The molecule has 1 rings (SSSR count). The van der Waals surface area contributed by atoms with Gasteiger partial charge in [-0.25, -0.2) is 4.63 Å². The van der Waals surface area contributed by atoms with Gasteiger partial charge in [0.1, 0.15) is 6.54 Å². The maximum Gasteiger partial charge on any atom is 0.323 e. The number of nitrogens with two attached hydrogens (primary N) is 1. The second-order valence-corrected chi connectivity index (χ2v) is 4.45. The molecule has 0 aliphatic carbocycles. The Balaban J connectivity index is 3.04. The lowest BCUT2D eigenvalue weighted by Gasteiger charge is -2.33. The van der Waals surface area contributed by atoms with Crippen LogP contribution in [0.25, 0.3) is 0 Å². The SMILES string of the molecule is CC(C)(C)N(CC(=O)O)C(=O)c1nonc1N. The molecule has 8 nitrogen and oxygen atoms in total. The number of amides is 1. The van der Waals surface area contributed by atoms with Crippen molar-refractivity contribution in [1.82, 2.24) is 15.2 Å². The van der Waals surface area contributed by atoms with Crippen molar-refractivity contribution in [2.45, 2.75) is 26.3 Å². The Morgan fingerprint density at radius 3 is 2.35 bits per heavy atom. The molecule has 0 bridgehead atoms. The van der Waals surface area contributed by atoms with E-state index in [4.69, 9.17) is 10.8 Å². The summed E-state index contributed by atoms with van der Waals surface area (Å²) in [6.07, 6.45) is 0. The Labute approximate surface area is 97.3 Å². The molecule has 0 spiro atoms. The van der Waals surface area contributed by atoms with Crippen LogP contribution < -0.4 is 5.73 Å². The van der Waals surface area contributed by atoms with E-state index in [1.54, 1.807) is 20.8 Å². The predicted molar refractivity (Wildman–Crippen MR) is 57.1 cm³/mol. The molecule has 1 aromatic heterocycles. The molecule has 0 saturated carbocycles. The van der Waals surface area contributed by atoms with E-state index in [0.717, 1.165) is 4.90 Å². The summed E-state index contributed by atoms with van der Waals surface area (Å²) in [6, 6.07) is 0. The molecule has 0 atom stereocenters. The van der Waals surface area contributed by atoms with Gasteiger partial charge in [-0.3, -0.25) is 9.59 Å². The first kappa shape index (κ1) is 12.9. The first-order valence-electron chi connectivity index (χ1n) is 4.85. The highest BCUT2D eigenvalue weighted by Gasteiger charge is 2.32. The van der Waals surface area contributed by atoms with Gasteiger partial charge < -0.3 is 15.7 Å². The van der Waals surface area contributed by atoms with Crippen LogP contribution in [0.4, 0.5) is 5.82 Å². The van der Waals surface area contributed by atoms with E-state index in [-0.39, 0.29) is 11.5 Å². The lowest BCUT2D eigenvalue weighted by molar-refractivity contribution is -0.138. The lowest BCUT2D eigenvalue weighted by atomic mass is 10.1. The molecule has 8 heteroatoms. The van der Waals surface area contributed by atoms with Crippen LogP contribution in [0.1, 0.15) is 31.3 Å². The Hall–Kier alpha value is -2.12. The standard InChI is InChI=1S/C9H14N4O4/c1-9(2,3)13(4-5(14)15)8(16)6-7(10)12-17-11-6/h4H2,1-3H3,(H2,10,12)(H,14,15). The summed E-state index contributed by atoms with van der Waals surface area (Å²) in [5.74, 6) is -1.91. The van der Waals surface area contributed by atoms with E-state index in [1.807, 2.05) is 0 Å². The summed E-state index contributed by atoms with van der Waals surface area (Å²) in [5, 5.41) is 15.4. The van der Waals surface area contributed by atoms with Crippen LogP contribution in [-0.4, -0.2) is 44.3 Å². The molecular weight excluding hydrogens is 228 g/mol. The van der Waals surface area contributed by atoms with Gasteiger partial charge in [-0.05, 0) is 31.1 Å². The van der Waals surface area contributed by atoms with Gasteiger partial charge in [0.05, 0.1) is 0 Å². The van der Waals surface area contributed by atoms with Gasteiger partial charge in [0.15, 0.2) is 0 Å². The second kappa shape index (κ2) is 4.40. The summed E-state index contributed by atoms with van der Waals surface area (Å²) >= 11 is 0. The molecule has 1 heterocycles. The molecule has 0 radical (unpaired) electrons. The molecule has 0 fully saturated rings. The van der Waals surface area contributed by atoms with Gasteiger partial charge in [0.25, 0.3) is 5.91 Å². The van der Waals surface area contributed by atoms with Crippen LogP contribution in [0.3, 0.4) is 0 Å². The minimum Gasteiger partial charge on any atom is -0.480 e. The van der Waals surface area contributed by atoms with E-state index < -0.39 is 24.0 Å². The van der Waals surface area contributed by atoms with Crippen LogP contribution in [0.15, 0.2) is 4.63 Å². The molecule has 0 aliphatic rings. The largest absolute Gasteiger partial charge is 0.480 e. The zero-order chi connectivity index (χ0) is 13.2. The number of nitrogens with zero attached hydrogens (tertiary/aromatic N) is 3. The fraction of sp³-hybridized carbons (Fsp3) is 0.556. The van der Waals surface area contributed by atoms with Crippen LogP contribution in [0.5, 0.6) is 0 Å².